The predicted octanol–water partition coefficient (Wildman–Crippen LogP) is 4.39. The minimum absolute atomic E-state index is 0.249. The molecule has 0 bridgehead atoms. The minimum Gasteiger partial charge on any atom is -0.468 e. The molecule has 1 aliphatic heterocycles. The fourth-order valence-corrected chi connectivity index (χ4v) is 4.23. The van der Waals surface area contributed by atoms with Crippen LogP contribution in [0.15, 0.2) is 103 Å². The second-order valence-corrected chi connectivity index (χ2v) is 6.86. The third-order valence-corrected chi connectivity index (χ3v) is 5.40. The molecule has 1 atom stereocenters. The van der Waals surface area contributed by atoms with Crippen molar-refractivity contribution in [3.63, 3.8) is 0 Å². The molecule has 0 fully saturated rings. The van der Waals surface area contributed by atoms with Crippen LogP contribution in [0.1, 0.15) is 16.7 Å². The smallest absolute Gasteiger partial charge is 0.327 e. The number of benzene rings is 3. The Morgan fingerprint density at radius 1 is 0.821 bits per heavy atom. The van der Waals surface area contributed by atoms with Crippen molar-refractivity contribution in [2.75, 3.05) is 13.7 Å². The van der Waals surface area contributed by atoms with E-state index in [0.29, 0.717) is 6.54 Å². The summed E-state index contributed by atoms with van der Waals surface area (Å²) in [6, 6.07) is 30.7. The number of carbonyl (C=O) groups is 1. The molecule has 0 spiro atoms. The van der Waals surface area contributed by atoms with Gasteiger partial charge in [0, 0.05) is 6.54 Å². The molecule has 0 unspecified atom stereocenters. The zero-order chi connectivity index (χ0) is 19.4. The van der Waals surface area contributed by atoms with Gasteiger partial charge in [0.2, 0.25) is 0 Å². The third kappa shape index (κ3) is 2.94. The molecular formula is C25H23NO2. The summed E-state index contributed by atoms with van der Waals surface area (Å²) in [6.45, 7) is 0.651. The van der Waals surface area contributed by atoms with Crippen LogP contribution in [0, 0.1) is 0 Å². The van der Waals surface area contributed by atoms with Gasteiger partial charge in [0.25, 0.3) is 0 Å². The quantitative estimate of drug-likeness (QED) is 0.379. The van der Waals surface area contributed by atoms with Gasteiger partial charge in [-0.3, -0.25) is 9.69 Å². The van der Waals surface area contributed by atoms with Gasteiger partial charge in [-0.15, -0.1) is 0 Å². The van der Waals surface area contributed by atoms with E-state index in [0.717, 1.165) is 16.7 Å². The first-order valence-electron chi connectivity index (χ1n) is 9.46. The molecule has 4 rings (SSSR count). The number of rotatable bonds is 5. The summed E-state index contributed by atoms with van der Waals surface area (Å²) >= 11 is 0. The fourth-order valence-electron chi connectivity index (χ4n) is 4.23. The highest BCUT2D eigenvalue weighted by Crippen LogP contribution is 2.44. The van der Waals surface area contributed by atoms with E-state index in [1.807, 2.05) is 66.7 Å². The molecule has 28 heavy (non-hydrogen) atoms. The highest BCUT2D eigenvalue weighted by molar-refractivity contribution is 5.79. The Morgan fingerprint density at radius 3 is 1.64 bits per heavy atom. The molecule has 0 aromatic heterocycles. The molecule has 3 aromatic rings. The van der Waals surface area contributed by atoms with Crippen molar-refractivity contribution in [3.05, 3.63) is 120 Å². The maximum absolute atomic E-state index is 12.6. The number of esters is 1. The Hall–Kier alpha value is -3.17. The van der Waals surface area contributed by atoms with Crippen molar-refractivity contribution in [1.82, 2.24) is 4.90 Å². The number of ether oxygens (including phenoxy) is 1. The van der Waals surface area contributed by atoms with Gasteiger partial charge in [-0.05, 0) is 16.7 Å². The van der Waals surface area contributed by atoms with Crippen LogP contribution in [0.2, 0.25) is 0 Å². The lowest BCUT2D eigenvalue weighted by molar-refractivity contribution is -0.145. The summed E-state index contributed by atoms with van der Waals surface area (Å²) in [5.74, 6) is -0.249. The molecule has 0 amide bonds. The lowest BCUT2D eigenvalue weighted by Gasteiger charge is -2.45. The molecule has 0 aliphatic carbocycles. The van der Waals surface area contributed by atoms with E-state index in [4.69, 9.17) is 4.74 Å². The van der Waals surface area contributed by atoms with Gasteiger partial charge in [0.1, 0.15) is 6.04 Å². The molecule has 0 saturated heterocycles. The van der Waals surface area contributed by atoms with Crippen molar-refractivity contribution >= 4 is 5.97 Å². The summed E-state index contributed by atoms with van der Waals surface area (Å²) in [7, 11) is 1.45. The van der Waals surface area contributed by atoms with E-state index in [1.165, 1.54) is 7.11 Å². The van der Waals surface area contributed by atoms with Crippen LogP contribution >= 0.6 is 0 Å². The van der Waals surface area contributed by atoms with Crippen LogP contribution in [-0.4, -0.2) is 30.6 Å². The first kappa shape index (κ1) is 18.2. The lowest BCUT2D eigenvalue weighted by atomic mass is 9.75. The van der Waals surface area contributed by atoms with E-state index in [9.17, 15) is 4.79 Å². The summed E-state index contributed by atoms with van der Waals surface area (Å²) in [5.41, 5.74) is 2.73. The largest absolute Gasteiger partial charge is 0.468 e. The van der Waals surface area contributed by atoms with Crippen LogP contribution < -0.4 is 0 Å². The van der Waals surface area contributed by atoms with Crippen molar-refractivity contribution in [2.24, 2.45) is 0 Å². The van der Waals surface area contributed by atoms with Crippen LogP contribution in [0.25, 0.3) is 0 Å². The van der Waals surface area contributed by atoms with Gasteiger partial charge in [0.15, 0.2) is 0 Å². The first-order valence-corrected chi connectivity index (χ1v) is 9.46. The number of methoxy groups -OCH3 is 1. The fraction of sp³-hybridized carbons (Fsp3) is 0.160. The zero-order valence-corrected chi connectivity index (χ0v) is 15.9. The normalized spacial score (nSPS) is 16.8. The number of carbonyl (C=O) groups excluding carboxylic acids is 1. The van der Waals surface area contributed by atoms with E-state index in [2.05, 4.69) is 41.3 Å². The molecule has 0 N–H and O–H groups in total. The monoisotopic (exact) mass is 369 g/mol. The summed E-state index contributed by atoms with van der Waals surface area (Å²) in [4.78, 5) is 14.9. The topological polar surface area (TPSA) is 29.5 Å². The number of hydrogen-bond acceptors (Lipinski definition) is 3. The molecular weight excluding hydrogens is 346 g/mol. The van der Waals surface area contributed by atoms with Gasteiger partial charge in [-0.1, -0.05) is 103 Å². The molecule has 1 aliphatic rings. The van der Waals surface area contributed by atoms with Crippen LogP contribution in [0.3, 0.4) is 0 Å². The summed E-state index contributed by atoms with van der Waals surface area (Å²) in [6.07, 6.45) is 3.99. The van der Waals surface area contributed by atoms with Crippen molar-refractivity contribution in [1.29, 1.82) is 0 Å². The molecule has 0 radical (unpaired) electrons. The molecule has 1 heterocycles. The Morgan fingerprint density at radius 2 is 1.25 bits per heavy atom. The second kappa shape index (κ2) is 7.83. The van der Waals surface area contributed by atoms with Gasteiger partial charge in [-0.2, -0.15) is 0 Å². The van der Waals surface area contributed by atoms with Crippen molar-refractivity contribution in [3.8, 4) is 0 Å². The molecule has 0 saturated carbocycles. The Balaban J connectivity index is 2.03. The maximum atomic E-state index is 12.6. The number of hydrogen-bond donors (Lipinski definition) is 0. The van der Waals surface area contributed by atoms with Gasteiger partial charge < -0.3 is 4.74 Å². The lowest BCUT2D eigenvalue weighted by Crippen LogP contribution is -2.53. The van der Waals surface area contributed by atoms with E-state index in [-0.39, 0.29) is 5.97 Å². The highest BCUT2D eigenvalue weighted by Gasteiger charge is 2.47. The Kier molecular flexibility index (Phi) is 5.09. The number of nitrogens with zero attached hydrogens (tertiary/aromatic N) is 1. The SMILES string of the molecule is COC(=O)[C@@H]1C=CCN1C(c1ccccc1)(c1ccccc1)c1ccccc1. The van der Waals surface area contributed by atoms with Gasteiger partial charge >= 0.3 is 5.97 Å². The Labute approximate surface area is 165 Å². The molecule has 140 valence electrons. The molecule has 3 nitrogen and oxygen atoms in total. The standard InChI is InChI=1S/C25H23NO2/c1-28-24(27)23-18-11-19-26(23)25(20-12-5-2-6-13-20,21-14-7-3-8-15-21)22-16-9-4-10-17-22/h2-18,23H,19H2,1H3/t23-/m0/s1. The van der Waals surface area contributed by atoms with Crippen LogP contribution in [0.4, 0.5) is 0 Å². The maximum Gasteiger partial charge on any atom is 0.327 e. The minimum atomic E-state index is -0.619. The zero-order valence-electron chi connectivity index (χ0n) is 15.9. The van der Waals surface area contributed by atoms with Crippen LogP contribution in [-0.2, 0) is 15.1 Å². The van der Waals surface area contributed by atoms with E-state index in [1.54, 1.807) is 0 Å². The summed E-state index contributed by atoms with van der Waals surface area (Å²) < 4.78 is 5.14. The molecule has 3 heteroatoms. The average molecular weight is 369 g/mol. The molecule has 3 aromatic carbocycles. The van der Waals surface area contributed by atoms with E-state index >= 15 is 0 Å². The second-order valence-electron chi connectivity index (χ2n) is 6.86. The van der Waals surface area contributed by atoms with Crippen molar-refractivity contribution < 1.29 is 9.53 Å². The summed E-state index contributed by atoms with van der Waals surface area (Å²) in [5, 5.41) is 0. The Bertz CT molecular complexity index is 855. The van der Waals surface area contributed by atoms with Crippen molar-refractivity contribution in [2.45, 2.75) is 11.6 Å². The third-order valence-electron chi connectivity index (χ3n) is 5.40. The highest BCUT2D eigenvalue weighted by atomic mass is 16.5. The average Bonchev–Trinajstić information content (AvgIpc) is 3.26. The van der Waals surface area contributed by atoms with Crippen LogP contribution in [0.5, 0.6) is 0 Å². The van der Waals surface area contributed by atoms with Gasteiger partial charge in [-0.25, -0.2) is 0 Å². The first-order chi connectivity index (χ1) is 13.8. The van der Waals surface area contributed by atoms with Gasteiger partial charge in [0.05, 0.1) is 12.6 Å². The predicted molar refractivity (Wildman–Crippen MR) is 111 cm³/mol. The van der Waals surface area contributed by atoms with E-state index < -0.39 is 11.6 Å².